The van der Waals surface area contributed by atoms with Crippen molar-refractivity contribution < 1.29 is 9.53 Å². The van der Waals surface area contributed by atoms with Crippen LogP contribution in [-0.4, -0.2) is 36.1 Å². The van der Waals surface area contributed by atoms with Crippen molar-refractivity contribution in [2.75, 3.05) is 7.11 Å². The molecule has 5 heteroatoms. The van der Waals surface area contributed by atoms with Crippen LogP contribution >= 0.6 is 11.3 Å². The number of thiophene rings is 1. The first-order chi connectivity index (χ1) is 9.74. The Hall–Kier alpha value is -0.910. The zero-order valence-electron chi connectivity index (χ0n) is 12.0. The Bertz CT molecular complexity index is 456. The van der Waals surface area contributed by atoms with Crippen molar-refractivity contribution in [2.24, 2.45) is 0 Å². The second-order valence-electron chi connectivity index (χ2n) is 5.70. The second kappa shape index (κ2) is 5.84. The van der Waals surface area contributed by atoms with Crippen molar-refractivity contribution in [3.8, 4) is 0 Å². The fraction of sp³-hybridized carbons (Fsp3) is 0.667. The number of rotatable bonds is 5. The molecule has 1 aromatic heterocycles. The summed E-state index contributed by atoms with van der Waals surface area (Å²) >= 11 is 1.68. The van der Waals surface area contributed by atoms with E-state index in [4.69, 9.17) is 4.74 Å². The molecule has 0 aromatic carbocycles. The highest BCUT2D eigenvalue weighted by Crippen LogP contribution is 2.37. The number of methoxy groups -OCH3 is 1. The summed E-state index contributed by atoms with van der Waals surface area (Å²) in [6.45, 7) is 2.13. The third-order valence-corrected chi connectivity index (χ3v) is 5.12. The molecular weight excluding hydrogens is 272 g/mol. The van der Waals surface area contributed by atoms with Crippen LogP contribution < -0.4 is 5.32 Å². The topological polar surface area (TPSA) is 41.6 Å². The average Bonchev–Trinajstić information content (AvgIpc) is 3.00. The van der Waals surface area contributed by atoms with E-state index in [-0.39, 0.29) is 18.1 Å². The minimum atomic E-state index is -0.0218. The van der Waals surface area contributed by atoms with Gasteiger partial charge < -0.3 is 9.64 Å². The Morgan fingerprint density at radius 3 is 2.90 bits per heavy atom. The number of carbonyl (C=O) groups excluding carboxylic acids is 1. The Labute approximate surface area is 124 Å². The maximum Gasteiger partial charge on any atom is 0.241 e. The molecular formula is C15H22N2O2S. The van der Waals surface area contributed by atoms with Gasteiger partial charge in [-0.1, -0.05) is 13.3 Å². The number of hydrogen-bond donors (Lipinski definition) is 1. The van der Waals surface area contributed by atoms with Gasteiger partial charge in [0.2, 0.25) is 5.91 Å². The fourth-order valence-corrected chi connectivity index (χ4v) is 3.86. The summed E-state index contributed by atoms with van der Waals surface area (Å²) in [5.41, 5.74) is 1.21. The monoisotopic (exact) mass is 294 g/mol. The summed E-state index contributed by atoms with van der Waals surface area (Å²) in [5.74, 6) is 0.266. The highest BCUT2D eigenvalue weighted by molar-refractivity contribution is 7.07. The molecule has 1 saturated heterocycles. The SMILES string of the molecule is CCCC1NC(c2ccsc2)N(C2CC(OC)C2)C1=O. The first-order valence-corrected chi connectivity index (χ1v) is 8.32. The summed E-state index contributed by atoms with van der Waals surface area (Å²) in [5, 5.41) is 7.73. The van der Waals surface area contributed by atoms with Crippen LogP contribution in [0.3, 0.4) is 0 Å². The van der Waals surface area contributed by atoms with E-state index in [0.717, 1.165) is 25.7 Å². The van der Waals surface area contributed by atoms with Gasteiger partial charge in [0.05, 0.1) is 12.1 Å². The molecule has 1 aromatic rings. The number of nitrogens with one attached hydrogen (secondary N) is 1. The van der Waals surface area contributed by atoms with Gasteiger partial charge in [-0.2, -0.15) is 11.3 Å². The molecule has 1 saturated carbocycles. The molecule has 1 aliphatic carbocycles. The van der Waals surface area contributed by atoms with Gasteiger partial charge in [-0.25, -0.2) is 0 Å². The highest BCUT2D eigenvalue weighted by Gasteiger charge is 2.46. The van der Waals surface area contributed by atoms with E-state index in [1.807, 2.05) is 0 Å². The van der Waals surface area contributed by atoms with Crippen LogP contribution in [0.15, 0.2) is 16.8 Å². The lowest BCUT2D eigenvalue weighted by Gasteiger charge is -2.42. The first-order valence-electron chi connectivity index (χ1n) is 7.37. The van der Waals surface area contributed by atoms with Crippen molar-refractivity contribution in [1.29, 1.82) is 0 Å². The number of carbonyl (C=O) groups is 1. The zero-order chi connectivity index (χ0) is 14.1. The van der Waals surface area contributed by atoms with E-state index in [0.29, 0.717) is 12.1 Å². The minimum Gasteiger partial charge on any atom is -0.381 e. The van der Waals surface area contributed by atoms with E-state index in [1.165, 1.54) is 5.56 Å². The maximum atomic E-state index is 12.7. The Morgan fingerprint density at radius 2 is 2.30 bits per heavy atom. The highest BCUT2D eigenvalue weighted by atomic mass is 32.1. The fourth-order valence-electron chi connectivity index (χ4n) is 3.18. The molecule has 2 heterocycles. The minimum absolute atomic E-state index is 0.0218. The van der Waals surface area contributed by atoms with Crippen molar-refractivity contribution in [2.45, 2.75) is 57.0 Å². The Balaban J connectivity index is 1.78. The van der Waals surface area contributed by atoms with E-state index >= 15 is 0 Å². The van der Waals surface area contributed by atoms with E-state index in [9.17, 15) is 4.79 Å². The molecule has 1 N–H and O–H groups in total. The van der Waals surface area contributed by atoms with Gasteiger partial charge in [0.25, 0.3) is 0 Å². The molecule has 2 unspecified atom stereocenters. The largest absolute Gasteiger partial charge is 0.381 e. The lowest BCUT2D eigenvalue weighted by atomic mass is 9.87. The summed E-state index contributed by atoms with van der Waals surface area (Å²) in [7, 11) is 1.75. The summed E-state index contributed by atoms with van der Waals surface area (Å²) in [6.07, 6.45) is 4.23. The van der Waals surface area contributed by atoms with Gasteiger partial charge in [-0.3, -0.25) is 10.1 Å². The lowest BCUT2D eigenvalue weighted by Crippen LogP contribution is -2.50. The third kappa shape index (κ3) is 2.38. The van der Waals surface area contributed by atoms with Crippen LogP contribution in [-0.2, 0) is 9.53 Å². The molecule has 4 nitrogen and oxygen atoms in total. The van der Waals surface area contributed by atoms with Crippen molar-refractivity contribution >= 4 is 17.2 Å². The Morgan fingerprint density at radius 1 is 1.50 bits per heavy atom. The van der Waals surface area contributed by atoms with Crippen LogP contribution in [0.2, 0.25) is 0 Å². The summed E-state index contributed by atoms with van der Waals surface area (Å²) < 4.78 is 5.36. The molecule has 0 radical (unpaired) electrons. The molecule has 2 fully saturated rings. The number of ether oxygens (including phenoxy) is 1. The van der Waals surface area contributed by atoms with Crippen LogP contribution in [0.25, 0.3) is 0 Å². The third-order valence-electron chi connectivity index (χ3n) is 4.42. The maximum absolute atomic E-state index is 12.7. The normalized spacial score (nSPS) is 33.5. The van der Waals surface area contributed by atoms with E-state index in [1.54, 1.807) is 18.4 Å². The van der Waals surface area contributed by atoms with E-state index < -0.39 is 0 Å². The Kier molecular flexibility index (Phi) is 4.10. The second-order valence-corrected chi connectivity index (χ2v) is 6.48. The lowest BCUT2D eigenvalue weighted by molar-refractivity contribution is -0.137. The average molecular weight is 294 g/mol. The predicted molar refractivity (Wildman–Crippen MR) is 79.6 cm³/mol. The van der Waals surface area contributed by atoms with Crippen LogP contribution in [0, 0.1) is 0 Å². The molecule has 0 spiro atoms. The molecule has 3 rings (SSSR count). The first kappa shape index (κ1) is 14.0. The predicted octanol–water partition coefficient (Wildman–Crippen LogP) is 2.52. The van der Waals surface area contributed by atoms with Gasteiger partial charge >= 0.3 is 0 Å². The van der Waals surface area contributed by atoms with Crippen LogP contribution in [0.5, 0.6) is 0 Å². The van der Waals surface area contributed by atoms with Crippen LogP contribution in [0.4, 0.5) is 0 Å². The summed E-state index contributed by atoms with van der Waals surface area (Å²) in [6, 6.07) is 2.42. The van der Waals surface area contributed by atoms with Gasteiger partial charge in [0.1, 0.15) is 6.17 Å². The van der Waals surface area contributed by atoms with Gasteiger partial charge in [0.15, 0.2) is 0 Å². The van der Waals surface area contributed by atoms with Crippen molar-refractivity contribution in [3.05, 3.63) is 22.4 Å². The quantitative estimate of drug-likeness (QED) is 0.907. The molecule has 2 atom stereocenters. The number of amides is 1. The zero-order valence-corrected chi connectivity index (χ0v) is 12.9. The molecule has 0 bridgehead atoms. The van der Waals surface area contributed by atoms with Gasteiger partial charge in [-0.05, 0) is 41.7 Å². The standard InChI is InChI=1S/C15H22N2O2S/c1-3-4-13-15(18)17(11-7-12(8-11)19-2)14(16-13)10-5-6-20-9-10/h5-6,9,11-14,16H,3-4,7-8H2,1-2H3. The van der Waals surface area contributed by atoms with Gasteiger partial charge in [0, 0.05) is 13.2 Å². The molecule has 1 amide bonds. The molecule has 110 valence electrons. The smallest absolute Gasteiger partial charge is 0.241 e. The van der Waals surface area contributed by atoms with E-state index in [2.05, 4.69) is 34.0 Å². The summed E-state index contributed by atoms with van der Waals surface area (Å²) in [4.78, 5) is 14.7. The molecule has 20 heavy (non-hydrogen) atoms. The molecule has 2 aliphatic rings. The van der Waals surface area contributed by atoms with Crippen LogP contribution in [0.1, 0.15) is 44.3 Å². The number of nitrogens with zero attached hydrogens (tertiary/aromatic N) is 1. The number of hydrogen-bond acceptors (Lipinski definition) is 4. The van der Waals surface area contributed by atoms with Gasteiger partial charge in [-0.15, -0.1) is 0 Å². The van der Waals surface area contributed by atoms with Crippen molar-refractivity contribution in [3.63, 3.8) is 0 Å². The molecule has 1 aliphatic heterocycles. The van der Waals surface area contributed by atoms with Crippen molar-refractivity contribution in [1.82, 2.24) is 10.2 Å².